The average molecular weight is 408 g/mol. The van der Waals surface area contributed by atoms with Crippen LogP contribution in [0.15, 0.2) is 66.9 Å². The number of nitrogens with one attached hydrogen (secondary N) is 1. The van der Waals surface area contributed by atoms with Crippen LogP contribution in [0.25, 0.3) is 0 Å². The van der Waals surface area contributed by atoms with Crippen LogP contribution in [-0.2, 0) is 19.6 Å². The number of ether oxygens (including phenoxy) is 1. The third-order valence-corrected chi connectivity index (χ3v) is 6.38. The smallest absolute Gasteiger partial charge is 0.128 e. The standard InChI is InChI=1S/C26H31FN2O/c1-30-25-14-7-9-21(17-25)18-29(23-11-3-2-4-12-23)20-24-13-8-16-28(24)19-22-10-5-6-15-26(22)27/h5-10,13-17,23H,2-4,11-12,18-20H2,1H3/p+1. The van der Waals surface area contributed by atoms with Crippen molar-refractivity contribution in [2.45, 2.75) is 57.8 Å². The zero-order chi connectivity index (χ0) is 20.8. The fourth-order valence-electron chi connectivity index (χ4n) is 4.71. The second kappa shape index (κ2) is 9.94. The van der Waals surface area contributed by atoms with Crippen LogP contribution in [0.3, 0.4) is 0 Å². The molecule has 3 nitrogen and oxygen atoms in total. The van der Waals surface area contributed by atoms with Gasteiger partial charge in [-0.25, -0.2) is 4.39 Å². The maximum Gasteiger partial charge on any atom is 0.128 e. The first-order chi connectivity index (χ1) is 14.7. The highest BCUT2D eigenvalue weighted by Crippen LogP contribution is 2.18. The number of aromatic nitrogens is 1. The quantitative estimate of drug-likeness (QED) is 0.578. The van der Waals surface area contributed by atoms with Crippen molar-refractivity contribution in [3.8, 4) is 5.75 Å². The normalized spacial score (nSPS) is 15.8. The molecule has 1 aliphatic carbocycles. The number of quaternary nitrogens is 1. The second-order valence-corrected chi connectivity index (χ2v) is 8.42. The molecule has 1 saturated carbocycles. The summed E-state index contributed by atoms with van der Waals surface area (Å²) in [5.41, 5.74) is 3.31. The van der Waals surface area contributed by atoms with Crippen LogP contribution in [0.2, 0.25) is 0 Å². The van der Waals surface area contributed by atoms with Crippen molar-refractivity contribution in [3.63, 3.8) is 0 Å². The SMILES string of the molecule is COc1cccc(C[NH+](Cc2cccn2Cc2ccccc2F)C2CCCCC2)c1. The molecule has 1 aliphatic rings. The van der Waals surface area contributed by atoms with Gasteiger partial charge in [-0.05, 0) is 56.0 Å². The van der Waals surface area contributed by atoms with Crippen molar-refractivity contribution < 1.29 is 14.0 Å². The van der Waals surface area contributed by atoms with Crippen LogP contribution in [0.4, 0.5) is 4.39 Å². The van der Waals surface area contributed by atoms with Crippen LogP contribution in [0.1, 0.15) is 48.9 Å². The molecule has 0 bridgehead atoms. The lowest BCUT2D eigenvalue weighted by molar-refractivity contribution is -0.953. The van der Waals surface area contributed by atoms with Crippen LogP contribution < -0.4 is 9.64 Å². The number of rotatable bonds is 8. The van der Waals surface area contributed by atoms with Crippen LogP contribution >= 0.6 is 0 Å². The lowest BCUT2D eigenvalue weighted by Gasteiger charge is -2.32. The number of halogens is 1. The molecule has 1 heterocycles. The summed E-state index contributed by atoms with van der Waals surface area (Å²) in [5, 5.41) is 0. The van der Waals surface area contributed by atoms with Gasteiger partial charge in [-0.1, -0.05) is 36.8 Å². The first-order valence-corrected chi connectivity index (χ1v) is 11.1. The monoisotopic (exact) mass is 407 g/mol. The van der Waals surface area contributed by atoms with Gasteiger partial charge in [0, 0.05) is 17.3 Å². The molecular formula is C26H32FN2O+. The molecule has 0 radical (unpaired) electrons. The number of methoxy groups -OCH3 is 1. The van der Waals surface area contributed by atoms with E-state index in [1.54, 1.807) is 24.1 Å². The summed E-state index contributed by atoms with van der Waals surface area (Å²) in [4.78, 5) is 1.59. The molecule has 30 heavy (non-hydrogen) atoms. The summed E-state index contributed by atoms with van der Waals surface area (Å²) >= 11 is 0. The van der Waals surface area contributed by atoms with Gasteiger partial charge in [0.05, 0.1) is 25.4 Å². The van der Waals surface area contributed by atoms with Gasteiger partial charge < -0.3 is 14.2 Å². The molecule has 158 valence electrons. The van der Waals surface area contributed by atoms with Gasteiger partial charge in [-0.2, -0.15) is 0 Å². The molecule has 2 aromatic carbocycles. The van der Waals surface area contributed by atoms with Gasteiger partial charge in [0.1, 0.15) is 24.7 Å². The Balaban J connectivity index is 1.54. The lowest BCUT2D eigenvalue weighted by atomic mass is 9.93. The minimum atomic E-state index is -0.134. The number of hydrogen-bond acceptors (Lipinski definition) is 1. The third kappa shape index (κ3) is 5.11. The lowest BCUT2D eigenvalue weighted by Crippen LogP contribution is -3.13. The van der Waals surface area contributed by atoms with E-state index < -0.39 is 0 Å². The fourth-order valence-corrected chi connectivity index (χ4v) is 4.71. The van der Waals surface area contributed by atoms with Crippen LogP contribution in [0, 0.1) is 5.82 Å². The highest BCUT2D eigenvalue weighted by Gasteiger charge is 2.26. The van der Waals surface area contributed by atoms with Crippen molar-refractivity contribution >= 4 is 0 Å². The summed E-state index contributed by atoms with van der Waals surface area (Å²) in [7, 11) is 1.72. The minimum Gasteiger partial charge on any atom is -0.497 e. The van der Waals surface area contributed by atoms with Crippen molar-refractivity contribution in [1.82, 2.24) is 4.57 Å². The highest BCUT2D eigenvalue weighted by atomic mass is 19.1. The topological polar surface area (TPSA) is 18.6 Å². The molecule has 1 N–H and O–H groups in total. The van der Waals surface area contributed by atoms with Crippen molar-refractivity contribution in [1.29, 1.82) is 0 Å². The number of hydrogen-bond donors (Lipinski definition) is 1. The van der Waals surface area contributed by atoms with E-state index in [1.165, 1.54) is 43.4 Å². The van der Waals surface area contributed by atoms with Crippen molar-refractivity contribution in [2.75, 3.05) is 7.11 Å². The maximum absolute atomic E-state index is 14.2. The zero-order valence-corrected chi connectivity index (χ0v) is 17.8. The van der Waals surface area contributed by atoms with E-state index in [9.17, 15) is 4.39 Å². The first-order valence-electron chi connectivity index (χ1n) is 11.1. The summed E-state index contributed by atoms with van der Waals surface area (Å²) < 4.78 is 21.8. The third-order valence-electron chi connectivity index (χ3n) is 6.38. The molecule has 4 rings (SSSR count). The molecule has 4 heteroatoms. The van der Waals surface area contributed by atoms with E-state index >= 15 is 0 Å². The van der Waals surface area contributed by atoms with Gasteiger partial charge in [-0.3, -0.25) is 0 Å². The summed E-state index contributed by atoms with van der Waals surface area (Å²) in [6.45, 7) is 2.50. The van der Waals surface area contributed by atoms with Gasteiger partial charge >= 0.3 is 0 Å². The fraction of sp³-hybridized carbons (Fsp3) is 0.385. The zero-order valence-electron chi connectivity index (χ0n) is 17.8. The van der Waals surface area contributed by atoms with E-state index in [4.69, 9.17) is 4.74 Å². The van der Waals surface area contributed by atoms with E-state index in [-0.39, 0.29) is 5.82 Å². The van der Waals surface area contributed by atoms with Gasteiger partial charge in [-0.15, -0.1) is 0 Å². The van der Waals surface area contributed by atoms with Crippen LogP contribution in [-0.4, -0.2) is 17.7 Å². The number of benzene rings is 2. The Bertz CT molecular complexity index is 945. The van der Waals surface area contributed by atoms with Crippen LogP contribution in [0.5, 0.6) is 5.75 Å². The second-order valence-electron chi connectivity index (χ2n) is 8.42. The predicted molar refractivity (Wildman–Crippen MR) is 118 cm³/mol. The Morgan fingerprint density at radius 3 is 2.60 bits per heavy atom. The number of nitrogens with zero attached hydrogens (tertiary/aromatic N) is 1. The van der Waals surface area contributed by atoms with E-state index in [2.05, 4.69) is 41.1 Å². The van der Waals surface area contributed by atoms with Crippen molar-refractivity contribution in [3.05, 3.63) is 89.5 Å². The molecule has 1 atom stereocenters. The Labute approximate surface area is 179 Å². The molecule has 1 aromatic heterocycles. The summed E-state index contributed by atoms with van der Waals surface area (Å²) in [6, 6.07) is 20.4. The summed E-state index contributed by atoms with van der Waals surface area (Å²) in [6.07, 6.45) is 8.64. The van der Waals surface area contributed by atoms with E-state index in [1.807, 2.05) is 18.2 Å². The van der Waals surface area contributed by atoms with Gasteiger partial charge in [0.25, 0.3) is 0 Å². The maximum atomic E-state index is 14.2. The van der Waals surface area contributed by atoms with Gasteiger partial charge in [0.2, 0.25) is 0 Å². The van der Waals surface area contributed by atoms with Crippen molar-refractivity contribution in [2.24, 2.45) is 0 Å². The molecular weight excluding hydrogens is 375 g/mol. The molecule has 0 amide bonds. The Hall–Kier alpha value is -2.59. The van der Waals surface area contributed by atoms with E-state index in [0.717, 1.165) is 24.4 Å². The summed E-state index contributed by atoms with van der Waals surface area (Å²) in [5.74, 6) is 0.781. The predicted octanol–water partition coefficient (Wildman–Crippen LogP) is 4.60. The Kier molecular flexibility index (Phi) is 6.85. The first kappa shape index (κ1) is 20.7. The average Bonchev–Trinajstić information content (AvgIpc) is 3.22. The largest absolute Gasteiger partial charge is 0.497 e. The minimum absolute atomic E-state index is 0.134. The van der Waals surface area contributed by atoms with Gasteiger partial charge in [0.15, 0.2) is 0 Å². The molecule has 0 saturated heterocycles. The van der Waals surface area contributed by atoms with E-state index in [0.29, 0.717) is 12.6 Å². The molecule has 1 fully saturated rings. The Morgan fingerprint density at radius 1 is 0.967 bits per heavy atom. The Morgan fingerprint density at radius 2 is 1.80 bits per heavy atom. The molecule has 1 unspecified atom stereocenters. The highest BCUT2D eigenvalue weighted by molar-refractivity contribution is 5.27. The molecule has 0 aliphatic heterocycles. The molecule has 3 aromatic rings. The molecule has 0 spiro atoms.